The average molecular weight is 517 g/mol. The summed E-state index contributed by atoms with van der Waals surface area (Å²) in [6, 6.07) is 16.7. The molecule has 0 aliphatic carbocycles. The highest BCUT2D eigenvalue weighted by Gasteiger charge is 2.40. The fourth-order valence-corrected chi connectivity index (χ4v) is 4.52. The van der Waals surface area contributed by atoms with E-state index in [1.165, 1.54) is 0 Å². The van der Waals surface area contributed by atoms with Crippen LogP contribution in [0.15, 0.2) is 54.7 Å². The van der Waals surface area contributed by atoms with Gasteiger partial charge in [-0.15, -0.1) is 0 Å². The molecular weight excluding hydrogens is 484 g/mol. The van der Waals surface area contributed by atoms with Gasteiger partial charge in [-0.3, -0.25) is 9.48 Å². The van der Waals surface area contributed by atoms with Crippen LogP contribution in [0.3, 0.4) is 0 Å². The largest absolute Gasteiger partial charge is 0.508 e. The summed E-state index contributed by atoms with van der Waals surface area (Å²) in [4.78, 5) is 26.5. The zero-order valence-corrected chi connectivity index (χ0v) is 21.8. The van der Waals surface area contributed by atoms with E-state index in [-0.39, 0.29) is 23.6 Å². The smallest absolute Gasteiger partial charge is 0.410 e. The Morgan fingerprint density at radius 1 is 1.16 bits per heavy atom. The molecule has 2 amide bonds. The lowest BCUT2D eigenvalue weighted by Gasteiger charge is -2.40. The summed E-state index contributed by atoms with van der Waals surface area (Å²) in [7, 11) is 0. The van der Waals surface area contributed by atoms with Crippen LogP contribution in [0.5, 0.6) is 5.75 Å². The molecule has 1 aromatic heterocycles. The zero-order chi connectivity index (χ0) is 27.5. The van der Waals surface area contributed by atoms with Crippen LogP contribution >= 0.6 is 0 Å². The standard InChI is InChI=1S/C28H32N6O4/c1-27(2,3)38-26(37)33-15-12-28(11-14-29,13-16-33)34-18-23(24(30)36)25(32-34)31-21-6-4-5-20(17-21)19-7-9-22(35)10-8-19/h4-10,17-18,35H,11-13,15-16H2,1-3H3,(H2,30,36)(H,31,32). The molecule has 0 radical (unpaired) electrons. The second-order valence-corrected chi connectivity index (χ2v) is 10.5. The summed E-state index contributed by atoms with van der Waals surface area (Å²) < 4.78 is 7.14. The first-order valence-corrected chi connectivity index (χ1v) is 12.4. The first-order chi connectivity index (χ1) is 18.0. The Morgan fingerprint density at radius 2 is 1.84 bits per heavy atom. The number of carbonyl (C=O) groups is 2. The number of nitrogens with one attached hydrogen (secondary N) is 1. The first-order valence-electron chi connectivity index (χ1n) is 12.4. The molecule has 1 saturated heterocycles. The number of hydrogen-bond donors (Lipinski definition) is 3. The van der Waals surface area contributed by atoms with Crippen LogP contribution < -0.4 is 11.1 Å². The van der Waals surface area contributed by atoms with Gasteiger partial charge in [0.2, 0.25) is 0 Å². The van der Waals surface area contributed by atoms with Crippen molar-refractivity contribution in [2.24, 2.45) is 5.73 Å². The van der Waals surface area contributed by atoms with E-state index in [0.29, 0.717) is 31.6 Å². The van der Waals surface area contributed by atoms with Crippen molar-refractivity contribution in [2.75, 3.05) is 18.4 Å². The average Bonchev–Trinajstić information content (AvgIpc) is 3.29. The Kier molecular flexibility index (Phi) is 7.30. The van der Waals surface area contributed by atoms with Crippen LogP contribution in [-0.4, -0.2) is 50.5 Å². The van der Waals surface area contributed by atoms with Gasteiger partial charge in [-0.1, -0.05) is 24.3 Å². The molecule has 0 unspecified atom stereocenters. The summed E-state index contributed by atoms with van der Waals surface area (Å²) >= 11 is 0. The van der Waals surface area contributed by atoms with E-state index >= 15 is 0 Å². The fraction of sp³-hybridized carbons (Fsp3) is 0.357. The second-order valence-electron chi connectivity index (χ2n) is 10.5. The molecule has 1 aliphatic heterocycles. The van der Waals surface area contributed by atoms with Crippen LogP contribution in [0.4, 0.5) is 16.3 Å². The van der Waals surface area contributed by atoms with Crippen LogP contribution in [0.2, 0.25) is 0 Å². The highest BCUT2D eigenvalue weighted by molar-refractivity contribution is 5.98. The number of ether oxygens (including phenoxy) is 1. The second kappa shape index (κ2) is 10.5. The van der Waals surface area contributed by atoms with E-state index < -0.39 is 23.1 Å². The Balaban J connectivity index is 1.59. The van der Waals surface area contributed by atoms with E-state index in [1.807, 2.05) is 57.2 Å². The van der Waals surface area contributed by atoms with Gasteiger partial charge in [-0.25, -0.2) is 4.79 Å². The number of aromatic nitrogens is 2. The normalized spacial score (nSPS) is 14.9. The lowest BCUT2D eigenvalue weighted by atomic mass is 9.85. The number of phenolic OH excluding ortho intramolecular Hbond substituents is 1. The number of aromatic hydroxyl groups is 1. The number of nitriles is 1. The van der Waals surface area contributed by atoms with E-state index in [9.17, 15) is 20.0 Å². The summed E-state index contributed by atoms with van der Waals surface area (Å²) in [6.45, 7) is 6.23. The number of benzene rings is 2. The van der Waals surface area contributed by atoms with Gasteiger partial charge in [-0.05, 0) is 69.0 Å². The van der Waals surface area contributed by atoms with Crippen molar-refractivity contribution in [2.45, 2.75) is 51.2 Å². The van der Waals surface area contributed by atoms with Crippen LogP contribution in [0, 0.1) is 11.3 Å². The van der Waals surface area contributed by atoms with Gasteiger partial charge in [-0.2, -0.15) is 10.4 Å². The molecule has 4 rings (SSSR count). The van der Waals surface area contributed by atoms with Gasteiger partial charge >= 0.3 is 6.09 Å². The number of primary amides is 1. The molecule has 2 heterocycles. The first kappa shape index (κ1) is 26.5. The quantitative estimate of drug-likeness (QED) is 0.429. The van der Waals surface area contributed by atoms with E-state index in [1.54, 1.807) is 27.9 Å². The molecule has 3 aromatic rings. The number of phenols is 1. The minimum Gasteiger partial charge on any atom is -0.508 e. The maximum Gasteiger partial charge on any atom is 0.410 e. The SMILES string of the molecule is CC(C)(C)OC(=O)N1CCC(CC#N)(n2cc(C(N)=O)c(Nc3cccc(-c4ccc(O)cc4)c3)n2)CC1. The van der Waals surface area contributed by atoms with Crippen molar-refractivity contribution in [3.63, 3.8) is 0 Å². The minimum atomic E-state index is -0.703. The molecule has 198 valence electrons. The predicted octanol–water partition coefficient (Wildman–Crippen LogP) is 4.74. The predicted molar refractivity (Wildman–Crippen MR) is 143 cm³/mol. The highest BCUT2D eigenvalue weighted by atomic mass is 16.6. The molecule has 0 spiro atoms. The van der Waals surface area contributed by atoms with Crippen molar-refractivity contribution in [3.05, 3.63) is 60.3 Å². The third kappa shape index (κ3) is 5.89. The van der Waals surface area contributed by atoms with Crippen molar-refractivity contribution in [1.82, 2.24) is 14.7 Å². The Bertz CT molecular complexity index is 1360. The molecule has 10 nitrogen and oxygen atoms in total. The summed E-state index contributed by atoms with van der Waals surface area (Å²) in [5.41, 5.74) is 7.10. The van der Waals surface area contributed by atoms with Crippen LogP contribution in [0.1, 0.15) is 50.4 Å². The Hall–Kier alpha value is -4.52. The van der Waals surface area contributed by atoms with Gasteiger partial charge < -0.3 is 25.8 Å². The lowest BCUT2D eigenvalue weighted by molar-refractivity contribution is 0.0105. The fourth-order valence-electron chi connectivity index (χ4n) is 4.52. The topological polar surface area (TPSA) is 146 Å². The van der Waals surface area contributed by atoms with E-state index in [4.69, 9.17) is 10.5 Å². The van der Waals surface area contributed by atoms with E-state index in [0.717, 1.165) is 11.1 Å². The third-order valence-electron chi connectivity index (χ3n) is 6.55. The number of amides is 2. The van der Waals surface area contributed by atoms with Crippen molar-refractivity contribution >= 4 is 23.5 Å². The van der Waals surface area contributed by atoms with Crippen molar-refractivity contribution in [1.29, 1.82) is 5.26 Å². The Labute approximate surface area is 221 Å². The highest BCUT2D eigenvalue weighted by Crippen LogP contribution is 2.36. The number of hydrogen-bond acceptors (Lipinski definition) is 7. The molecule has 0 saturated carbocycles. The van der Waals surface area contributed by atoms with Crippen LogP contribution in [0.25, 0.3) is 11.1 Å². The monoisotopic (exact) mass is 516 g/mol. The summed E-state index contributed by atoms with van der Waals surface area (Å²) in [5, 5.41) is 27.1. The van der Waals surface area contributed by atoms with Crippen molar-refractivity contribution in [3.8, 4) is 22.9 Å². The number of likely N-dealkylation sites (tertiary alicyclic amines) is 1. The molecule has 38 heavy (non-hydrogen) atoms. The van der Waals surface area contributed by atoms with E-state index in [2.05, 4.69) is 16.5 Å². The molecule has 2 aromatic carbocycles. The Morgan fingerprint density at radius 3 is 2.45 bits per heavy atom. The lowest BCUT2D eigenvalue weighted by Crippen LogP contribution is -2.49. The molecular formula is C28H32N6O4. The zero-order valence-electron chi connectivity index (χ0n) is 21.8. The summed E-state index contributed by atoms with van der Waals surface area (Å²) in [6.07, 6.45) is 2.28. The van der Waals surface area contributed by atoms with Gasteiger partial charge in [0.15, 0.2) is 5.82 Å². The molecule has 0 bridgehead atoms. The van der Waals surface area contributed by atoms with Crippen molar-refractivity contribution < 1.29 is 19.4 Å². The molecule has 0 atom stereocenters. The summed E-state index contributed by atoms with van der Waals surface area (Å²) in [5.74, 6) is -0.179. The number of nitrogens with zero attached hydrogens (tertiary/aromatic N) is 4. The maximum atomic E-state index is 12.5. The van der Waals surface area contributed by atoms with Crippen LogP contribution in [-0.2, 0) is 10.3 Å². The van der Waals surface area contributed by atoms with Gasteiger partial charge in [0, 0.05) is 25.0 Å². The van der Waals surface area contributed by atoms with Gasteiger partial charge in [0.1, 0.15) is 16.9 Å². The number of rotatable bonds is 6. The molecule has 4 N–H and O–H groups in total. The molecule has 10 heteroatoms. The van der Waals surface area contributed by atoms with Gasteiger partial charge in [0.05, 0.1) is 18.0 Å². The van der Waals surface area contributed by atoms with Gasteiger partial charge in [0.25, 0.3) is 5.91 Å². The number of anilines is 2. The maximum absolute atomic E-state index is 12.5. The number of carbonyl (C=O) groups excluding carboxylic acids is 2. The number of nitrogens with two attached hydrogens (primary N) is 1. The molecule has 1 fully saturated rings. The minimum absolute atomic E-state index is 0.158. The third-order valence-corrected chi connectivity index (χ3v) is 6.55. The molecule has 1 aliphatic rings. The number of piperidine rings is 1.